The molecule has 0 fully saturated rings. The number of rotatable bonds is 3. The van der Waals surface area contributed by atoms with Crippen LogP contribution >= 0.6 is 0 Å². The minimum absolute atomic E-state index is 0.464. The topological polar surface area (TPSA) is 24.9 Å². The van der Waals surface area contributed by atoms with Gasteiger partial charge in [0, 0.05) is 6.54 Å². The van der Waals surface area contributed by atoms with Crippen molar-refractivity contribution in [3.8, 4) is 0 Å². The summed E-state index contributed by atoms with van der Waals surface area (Å²) < 4.78 is 12.8. The zero-order chi connectivity index (χ0) is 11.4. The number of hydrogen-bond acceptors (Lipinski definition) is 2. The molecule has 0 bridgehead atoms. The second-order valence-corrected chi connectivity index (χ2v) is 3.68. The van der Waals surface area contributed by atoms with Gasteiger partial charge in [-0.15, -0.1) is 0 Å². The van der Waals surface area contributed by atoms with Crippen molar-refractivity contribution in [3.05, 3.63) is 59.5 Å². The summed E-state index contributed by atoms with van der Waals surface area (Å²) in [5.41, 5.74) is 2.38. The van der Waals surface area contributed by atoms with Gasteiger partial charge in [0.1, 0.15) is 5.82 Å². The van der Waals surface area contributed by atoms with E-state index in [1.165, 1.54) is 11.6 Å². The first-order valence-corrected chi connectivity index (χ1v) is 5.16. The average molecular weight is 216 g/mol. The van der Waals surface area contributed by atoms with Gasteiger partial charge in [-0.25, -0.2) is 4.98 Å². The molecule has 0 aliphatic heterocycles. The van der Waals surface area contributed by atoms with Crippen LogP contribution in [-0.2, 0) is 6.54 Å². The van der Waals surface area contributed by atoms with Gasteiger partial charge >= 0.3 is 0 Å². The van der Waals surface area contributed by atoms with Crippen molar-refractivity contribution in [2.24, 2.45) is 0 Å². The number of pyridine rings is 1. The Balaban J connectivity index is 1.99. The lowest BCUT2D eigenvalue weighted by Crippen LogP contribution is -2.01. The zero-order valence-electron chi connectivity index (χ0n) is 9.07. The van der Waals surface area contributed by atoms with Crippen LogP contribution in [0, 0.1) is 12.9 Å². The molecule has 0 radical (unpaired) electrons. The lowest BCUT2D eigenvalue weighted by molar-refractivity contribution is 0.585. The van der Waals surface area contributed by atoms with E-state index in [4.69, 9.17) is 0 Å². The van der Waals surface area contributed by atoms with Gasteiger partial charge in [-0.1, -0.05) is 35.9 Å². The van der Waals surface area contributed by atoms with Crippen LogP contribution in [0.5, 0.6) is 0 Å². The average Bonchev–Trinajstić information content (AvgIpc) is 2.28. The highest BCUT2D eigenvalue weighted by Gasteiger charge is 1.96. The highest BCUT2D eigenvalue weighted by atomic mass is 19.1. The Labute approximate surface area is 94.2 Å². The summed E-state index contributed by atoms with van der Waals surface area (Å²) in [5.74, 6) is 0.0921. The molecule has 16 heavy (non-hydrogen) atoms. The van der Waals surface area contributed by atoms with Crippen LogP contribution in [0.3, 0.4) is 0 Å². The largest absolute Gasteiger partial charge is 0.366 e. The number of anilines is 1. The third-order valence-electron chi connectivity index (χ3n) is 2.31. The quantitative estimate of drug-likeness (QED) is 0.797. The minimum Gasteiger partial charge on any atom is -0.366 e. The first-order valence-electron chi connectivity index (χ1n) is 5.16. The van der Waals surface area contributed by atoms with E-state index < -0.39 is 5.95 Å². The van der Waals surface area contributed by atoms with Gasteiger partial charge in [0.25, 0.3) is 0 Å². The Bertz CT molecular complexity index is 466. The van der Waals surface area contributed by atoms with Crippen molar-refractivity contribution in [2.75, 3.05) is 5.32 Å². The molecule has 0 saturated carbocycles. The van der Waals surface area contributed by atoms with E-state index in [1.807, 2.05) is 19.1 Å². The normalized spacial score (nSPS) is 10.1. The highest BCUT2D eigenvalue weighted by Crippen LogP contribution is 2.08. The molecule has 0 amide bonds. The van der Waals surface area contributed by atoms with Gasteiger partial charge in [0.2, 0.25) is 5.95 Å². The summed E-state index contributed by atoms with van der Waals surface area (Å²) >= 11 is 0. The van der Waals surface area contributed by atoms with Crippen LogP contribution in [0.4, 0.5) is 10.2 Å². The third-order valence-corrected chi connectivity index (χ3v) is 2.31. The van der Waals surface area contributed by atoms with Crippen molar-refractivity contribution >= 4 is 5.82 Å². The Morgan fingerprint density at radius 1 is 1.12 bits per heavy atom. The van der Waals surface area contributed by atoms with Crippen molar-refractivity contribution < 1.29 is 4.39 Å². The number of hydrogen-bond donors (Lipinski definition) is 1. The monoisotopic (exact) mass is 216 g/mol. The summed E-state index contributed by atoms with van der Waals surface area (Å²) in [7, 11) is 0. The Kier molecular flexibility index (Phi) is 3.15. The van der Waals surface area contributed by atoms with Crippen LogP contribution in [-0.4, -0.2) is 4.98 Å². The maximum Gasteiger partial charge on any atom is 0.214 e. The van der Waals surface area contributed by atoms with Crippen LogP contribution in [0.15, 0.2) is 42.5 Å². The van der Waals surface area contributed by atoms with Crippen LogP contribution in [0.1, 0.15) is 11.1 Å². The standard InChI is InChI=1S/C13H13FN2/c1-10-5-7-11(8-6-10)9-15-13-4-2-3-12(14)16-13/h2-8H,9H2,1H3,(H,15,16). The molecule has 1 aromatic heterocycles. The molecule has 2 rings (SSSR count). The van der Waals surface area contributed by atoms with Crippen LogP contribution in [0.2, 0.25) is 0 Å². The van der Waals surface area contributed by atoms with Gasteiger partial charge in [-0.05, 0) is 24.6 Å². The number of benzene rings is 1. The Morgan fingerprint density at radius 2 is 1.88 bits per heavy atom. The second-order valence-electron chi connectivity index (χ2n) is 3.68. The molecule has 0 atom stereocenters. The summed E-state index contributed by atoms with van der Waals surface area (Å²) in [6, 6.07) is 12.9. The predicted molar refractivity (Wildman–Crippen MR) is 62.7 cm³/mol. The fourth-order valence-electron chi connectivity index (χ4n) is 1.41. The van der Waals surface area contributed by atoms with E-state index in [1.54, 1.807) is 12.1 Å². The minimum atomic E-state index is -0.464. The van der Waals surface area contributed by atoms with Crippen molar-refractivity contribution in [2.45, 2.75) is 13.5 Å². The molecule has 0 aliphatic rings. The summed E-state index contributed by atoms with van der Waals surface area (Å²) in [5, 5.41) is 3.07. The molecular weight excluding hydrogens is 203 g/mol. The molecule has 2 aromatic rings. The SMILES string of the molecule is Cc1ccc(CNc2cccc(F)n2)cc1. The van der Waals surface area contributed by atoms with Gasteiger partial charge in [-0.2, -0.15) is 4.39 Å². The lowest BCUT2D eigenvalue weighted by Gasteiger charge is -2.05. The fraction of sp³-hybridized carbons (Fsp3) is 0.154. The third kappa shape index (κ3) is 2.79. The molecule has 0 aliphatic carbocycles. The molecule has 82 valence electrons. The maximum atomic E-state index is 12.8. The fourth-order valence-corrected chi connectivity index (χ4v) is 1.41. The molecule has 0 saturated heterocycles. The van der Waals surface area contributed by atoms with Crippen molar-refractivity contribution in [1.82, 2.24) is 4.98 Å². The van der Waals surface area contributed by atoms with E-state index in [0.717, 1.165) is 5.56 Å². The van der Waals surface area contributed by atoms with E-state index in [9.17, 15) is 4.39 Å². The number of halogens is 1. The maximum absolute atomic E-state index is 12.8. The number of nitrogens with one attached hydrogen (secondary N) is 1. The molecule has 0 spiro atoms. The molecule has 1 heterocycles. The highest BCUT2D eigenvalue weighted by molar-refractivity contribution is 5.35. The number of nitrogens with zero attached hydrogens (tertiary/aromatic N) is 1. The van der Waals surface area contributed by atoms with Crippen LogP contribution in [0.25, 0.3) is 0 Å². The Hall–Kier alpha value is -1.90. The van der Waals surface area contributed by atoms with Gasteiger partial charge in [0.05, 0.1) is 0 Å². The molecule has 0 unspecified atom stereocenters. The number of aromatic nitrogens is 1. The van der Waals surface area contributed by atoms with E-state index in [-0.39, 0.29) is 0 Å². The lowest BCUT2D eigenvalue weighted by atomic mass is 10.1. The van der Waals surface area contributed by atoms with Crippen LogP contribution < -0.4 is 5.32 Å². The molecular formula is C13H13FN2. The summed E-state index contributed by atoms with van der Waals surface area (Å²) in [6.07, 6.45) is 0. The molecule has 2 nitrogen and oxygen atoms in total. The van der Waals surface area contributed by atoms with Crippen molar-refractivity contribution in [3.63, 3.8) is 0 Å². The summed E-state index contributed by atoms with van der Waals surface area (Å²) in [6.45, 7) is 2.70. The first-order chi connectivity index (χ1) is 7.74. The molecule has 1 aromatic carbocycles. The zero-order valence-corrected chi connectivity index (χ0v) is 9.07. The van der Waals surface area contributed by atoms with Gasteiger partial charge in [-0.3, -0.25) is 0 Å². The van der Waals surface area contributed by atoms with Crippen molar-refractivity contribution in [1.29, 1.82) is 0 Å². The van der Waals surface area contributed by atoms with E-state index in [2.05, 4.69) is 22.4 Å². The van der Waals surface area contributed by atoms with E-state index in [0.29, 0.717) is 12.4 Å². The number of aryl methyl sites for hydroxylation is 1. The first kappa shape index (κ1) is 10.6. The molecule has 1 N–H and O–H groups in total. The van der Waals surface area contributed by atoms with E-state index >= 15 is 0 Å². The smallest absolute Gasteiger partial charge is 0.214 e. The Morgan fingerprint density at radius 3 is 2.56 bits per heavy atom. The molecule has 3 heteroatoms. The van der Waals surface area contributed by atoms with Gasteiger partial charge in [0.15, 0.2) is 0 Å². The second kappa shape index (κ2) is 4.75. The summed E-state index contributed by atoms with van der Waals surface area (Å²) in [4.78, 5) is 3.73. The predicted octanol–water partition coefficient (Wildman–Crippen LogP) is 3.14. The van der Waals surface area contributed by atoms with Gasteiger partial charge < -0.3 is 5.32 Å².